The molecule has 1 aliphatic carbocycles. The molecule has 1 aromatic heterocycles. The van der Waals surface area contributed by atoms with E-state index in [9.17, 15) is 13.2 Å². The van der Waals surface area contributed by atoms with Crippen LogP contribution in [0.4, 0.5) is 13.2 Å². The molecule has 4 rings (SSSR count). The SMILES string of the molecule is N=C(N)c1sc(C2=NOC(c3cc(Cl)cc(Cl)c3)(C(F)(F)F)C2)c2c1CCCC2. The first-order valence-electron chi connectivity index (χ1n) is 8.90. The van der Waals surface area contributed by atoms with E-state index >= 15 is 0 Å². The molecule has 0 bridgehead atoms. The summed E-state index contributed by atoms with van der Waals surface area (Å²) in [6, 6.07) is 3.76. The van der Waals surface area contributed by atoms with Crippen LogP contribution >= 0.6 is 34.5 Å². The van der Waals surface area contributed by atoms with Gasteiger partial charge in [-0.1, -0.05) is 28.4 Å². The van der Waals surface area contributed by atoms with Crippen LogP contribution in [-0.2, 0) is 23.3 Å². The lowest BCUT2D eigenvalue weighted by Crippen LogP contribution is -2.42. The smallest absolute Gasteiger partial charge is 0.383 e. The van der Waals surface area contributed by atoms with E-state index in [0.29, 0.717) is 9.75 Å². The Kier molecular flexibility index (Phi) is 5.07. The van der Waals surface area contributed by atoms with Crippen molar-refractivity contribution >= 4 is 46.1 Å². The number of oxime groups is 1. The molecule has 2 aliphatic rings. The normalized spacial score (nSPS) is 21.5. The second-order valence-corrected chi connectivity index (χ2v) is 9.02. The molecule has 0 saturated carbocycles. The van der Waals surface area contributed by atoms with Gasteiger partial charge in [-0.25, -0.2) is 0 Å². The molecule has 3 N–H and O–H groups in total. The molecule has 0 fully saturated rings. The van der Waals surface area contributed by atoms with Crippen molar-refractivity contribution < 1.29 is 18.0 Å². The lowest BCUT2D eigenvalue weighted by atomic mass is 9.85. The van der Waals surface area contributed by atoms with Crippen molar-refractivity contribution in [1.29, 1.82) is 5.41 Å². The van der Waals surface area contributed by atoms with E-state index in [0.717, 1.165) is 36.8 Å². The number of amidine groups is 1. The average molecular weight is 462 g/mol. The molecule has 1 aromatic carbocycles. The number of thiophene rings is 1. The standard InChI is InChI=1S/C19H16Cl2F3N3OS/c20-10-5-9(6-11(21)7-10)18(19(22,23)24)8-14(27-28-18)15-12-3-1-2-4-13(12)16(29-15)17(25)26/h5-7H,1-4,8H2,(H3,25,26). The molecule has 29 heavy (non-hydrogen) atoms. The van der Waals surface area contributed by atoms with Crippen molar-refractivity contribution in [3.63, 3.8) is 0 Å². The largest absolute Gasteiger partial charge is 0.435 e. The van der Waals surface area contributed by atoms with Gasteiger partial charge in [-0.3, -0.25) is 5.41 Å². The van der Waals surface area contributed by atoms with Crippen LogP contribution in [0.15, 0.2) is 23.4 Å². The zero-order valence-electron chi connectivity index (χ0n) is 15.0. The molecule has 0 radical (unpaired) electrons. The lowest BCUT2D eigenvalue weighted by Gasteiger charge is -2.29. The van der Waals surface area contributed by atoms with Crippen molar-refractivity contribution in [1.82, 2.24) is 0 Å². The van der Waals surface area contributed by atoms with Crippen molar-refractivity contribution in [3.05, 3.63) is 54.7 Å². The van der Waals surface area contributed by atoms with Crippen LogP contribution < -0.4 is 5.73 Å². The third kappa shape index (κ3) is 3.41. The van der Waals surface area contributed by atoms with Gasteiger partial charge in [-0.05, 0) is 55.0 Å². The highest BCUT2D eigenvalue weighted by Crippen LogP contribution is 2.51. The molecule has 0 amide bonds. The van der Waals surface area contributed by atoms with Gasteiger partial charge >= 0.3 is 6.18 Å². The predicted molar refractivity (Wildman–Crippen MR) is 108 cm³/mol. The number of nitrogens with one attached hydrogen (secondary N) is 1. The predicted octanol–water partition coefficient (Wildman–Crippen LogP) is 5.80. The van der Waals surface area contributed by atoms with Crippen LogP contribution in [-0.4, -0.2) is 17.7 Å². The van der Waals surface area contributed by atoms with Crippen LogP contribution in [0, 0.1) is 5.41 Å². The summed E-state index contributed by atoms with van der Waals surface area (Å²) in [6.07, 6.45) is -1.89. The van der Waals surface area contributed by atoms with E-state index in [-0.39, 0.29) is 27.2 Å². The summed E-state index contributed by atoms with van der Waals surface area (Å²) < 4.78 is 42.6. The Hall–Kier alpha value is -1.77. The highest BCUT2D eigenvalue weighted by atomic mass is 35.5. The highest BCUT2D eigenvalue weighted by Gasteiger charge is 2.62. The van der Waals surface area contributed by atoms with Gasteiger partial charge < -0.3 is 10.6 Å². The van der Waals surface area contributed by atoms with Crippen molar-refractivity contribution in [2.45, 2.75) is 43.9 Å². The van der Waals surface area contributed by atoms with Crippen LogP contribution in [0.1, 0.15) is 45.7 Å². The molecule has 154 valence electrons. The number of hydrogen-bond donors (Lipinski definition) is 2. The number of nitrogens with zero attached hydrogens (tertiary/aromatic N) is 1. The minimum Gasteiger partial charge on any atom is -0.383 e. The highest BCUT2D eigenvalue weighted by molar-refractivity contribution is 7.16. The Labute approximate surface area is 178 Å². The number of nitrogen functional groups attached to an aromatic ring is 1. The fraction of sp³-hybridized carbons (Fsp3) is 0.368. The van der Waals surface area contributed by atoms with Crippen LogP contribution in [0.2, 0.25) is 10.0 Å². The van der Waals surface area contributed by atoms with Gasteiger partial charge in [0.05, 0.1) is 16.2 Å². The number of alkyl halides is 3. The average Bonchev–Trinajstić information content (AvgIpc) is 3.23. The zero-order valence-corrected chi connectivity index (χ0v) is 17.3. The molecule has 0 spiro atoms. The second-order valence-electron chi connectivity index (χ2n) is 7.13. The fourth-order valence-corrected chi connectivity index (χ4v) is 5.66. The van der Waals surface area contributed by atoms with E-state index < -0.39 is 18.2 Å². The summed E-state index contributed by atoms with van der Waals surface area (Å²) in [7, 11) is 0. The first kappa shape index (κ1) is 20.5. The zero-order chi connectivity index (χ0) is 21.0. The van der Waals surface area contributed by atoms with Gasteiger partial charge in [0.2, 0.25) is 0 Å². The third-order valence-electron chi connectivity index (χ3n) is 5.24. The number of benzene rings is 1. The Morgan fingerprint density at radius 3 is 2.34 bits per heavy atom. The Bertz CT molecular complexity index is 1010. The van der Waals surface area contributed by atoms with Gasteiger partial charge in [-0.2, -0.15) is 13.2 Å². The molecule has 1 aliphatic heterocycles. The molecule has 4 nitrogen and oxygen atoms in total. The van der Waals surface area contributed by atoms with Crippen LogP contribution in [0.5, 0.6) is 0 Å². The van der Waals surface area contributed by atoms with E-state index in [1.54, 1.807) is 0 Å². The monoisotopic (exact) mass is 461 g/mol. The summed E-state index contributed by atoms with van der Waals surface area (Å²) in [6.45, 7) is 0. The fourth-order valence-electron chi connectivity index (χ4n) is 3.89. The van der Waals surface area contributed by atoms with Crippen LogP contribution in [0.3, 0.4) is 0 Å². The number of nitrogens with two attached hydrogens (primary N) is 1. The van der Waals surface area contributed by atoms with E-state index in [2.05, 4.69) is 5.16 Å². The molecule has 10 heteroatoms. The Morgan fingerprint density at radius 2 is 1.76 bits per heavy atom. The molecule has 1 unspecified atom stereocenters. The molecule has 2 heterocycles. The third-order valence-corrected chi connectivity index (χ3v) is 7.03. The summed E-state index contributed by atoms with van der Waals surface area (Å²) in [5.74, 6) is -0.0809. The molecular weight excluding hydrogens is 446 g/mol. The van der Waals surface area contributed by atoms with Crippen molar-refractivity contribution in [2.24, 2.45) is 10.9 Å². The number of fused-ring (bicyclic) bond motifs is 1. The van der Waals surface area contributed by atoms with Gasteiger partial charge in [0.1, 0.15) is 11.5 Å². The molecule has 0 saturated heterocycles. The Balaban J connectivity index is 1.79. The Morgan fingerprint density at radius 1 is 1.14 bits per heavy atom. The van der Waals surface area contributed by atoms with Gasteiger partial charge in [0.15, 0.2) is 0 Å². The topological polar surface area (TPSA) is 71.5 Å². The van der Waals surface area contributed by atoms with Gasteiger partial charge in [-0.15, -0.1) is 11.3 Å². The summed E-state index contributed by atoms with van der Waals surface area (Å²) in [5, 5.41) is 11.8. The maximum Gasteiger partial charge on any atom is 0.435 e. The van der Waals surface area contributed by atoms with Gasteiger partial charge in [0.25, 0.3) is 5.60 Å². The number of rotatable bonds is 3. The van der Waals surface area contributed by atoms with E-state index in [1.807, 2.05) is 0 Å². The quantitative estimate of drug-likeness (QED) is 0.447. The minimum atomic E-state index is -4.74. The lowest BCUT2D eigenvalue weighted by molar-refractivity contribution is -0.275. The molecule has 1 atom stereocenters. The summed E-state index contributed by atoms with van der Waals surface area (Å²) in [4.78, 5) is 6.32. The van der Waals surface area contributed by atoms with E-state index in [4.69, 9.17) is 39.2 Å². The minimum absolute atomic E-state index is 0.0809. The first-order valence-corrected chi connectivity index (χ1v) is 10.5. The first-order chi connectivity index (χ1) is 13.6. The summed E-state index contributed by atoms with van der Waals surface area (Å²) >= 11 is 13.1. The number of hydrogen-bond acceptors (Lipinski definition) is 4. The second kappa shape index (κ2) is 7.18. The maximum atomic E-state index is 14.2. The molecule has 2 aromatic rings. The number of halogens is 5. The van der Waals surface area contributed by atoms with Crippen molar-refractivity contribution in [3.8, 4) is 0 Å². The maximum absolute atomic E-state index is 14.2. The molecular formula is C19H16Cl2F3N3OS. The van der Waals surface area contributed by atoms with E-state index in [1.165, 1.54) is 29.5 Å². The van der Waals surface area contributed by atoms with Gasteiger partial charge in [0, 0.05) is 15.6 Å². The van der Waals surface area contributed by atoms with Crippen molar-refractivity contribution in [2.75, 3.05) is 0 Å². The van der Waals surface area contributed by atoms with Crippen LogP contribution in [0.25, 0.3) is 0 Å². The summed E-state index contributed by atoms with van der Waals surface area (Å²) in [5.41, 5.74) is 4.92.